The molecule has 10 nitrogen and oxygen atoms in total. The summed E-state index contributed by atoms with van der Waals surface area (Å²) in [6, 6.07) is 8.46. The number of H-pyrrole nitrogens is 1. The molecule has 2 saturated heterocycles. The third kappa shape index (κ3) is 5.98. The molecule has 2 aromatic heterocycles. The first-order chi connectivity index (χ1) is 19.8. The highest BCUT2D eigenvalue weighted by molar-refractivity contribution is 5.92. The lowest BCUT2D eigenvalue weighted by Crippen LogP contribution is -2.60. The number of nitrogens with one attached hydrogen (secondary N) is 3. The van der Waals surface area contributed by atoms with Crippen LogP contribution in [0.5, 0.6) is 0 Å². The van der Waals surface area contributed by atoms with Crippen molar-refractivity contribution in [2.75, 3.05) is 20.1 Å². The number of fused-ring (bicyclic) bond motifs is 2. The van der Waals surface area contributed by atoms with Crippen LogP contribution < -0.4 is 10.6 Å². The molecule has 10 heteroatoms. The average Bonchev–Trinajstić information content (AvgIpc) is 3.58. The number of carbonyl (C=O) groups excluding carboxylic acids is 3. The summed E-state index contributed by atoms with van der Waals surface area (Å²) in [5.41, 5.74) is 3.60. The SMILES string of the molecule is CC[C@H](NC)C(=O)N[C@H]1CN(C(=O)CC(C)C)CC[C@H]2CC[C@@H](c3nc4c(-c5ccccc5)cncc4[nH]3)N2C1=O. The minimum Gasteiger partial charge on any atom is -0.341 e. The summed E-state index contributed by atoms with van der Waals surface area (Å²) >= 11 is 0. The summed E-state index contributed by atoms with van der Waals surface area (Å²) in [6.45, 7) is 6.66. The molecule has 0 aliphatic carbocycles. The molecule has 1 aromatic carbocycles. The Hall–Kier alpha value is -3.79. The van der Waals surface area contributed by atoms with Gasteiger partial charge in [-0.1, -0.05) is 51.1 Å². The molecule has 4 atom stereocenters. The van der Waals surface area contributed by atoms with Gasteiger partial charge in [-0.25, -0.2) is 4.98 Å². The lowest BCUT2D eigenvalue weighted by molar-refractivity contribution is -0.144. The van der Waals surface area contributed by atoms with Crippen LogP contribution in [0.4, 0.5) is 0 Å². The van der Waals surface area contributed by atoms with E-state index in [-0.39, 0.29) is 42.3 Å². The number of benzene rings is 1. The van der Waals surface area contributed by atoms with Gasteiger partial charge in [-0.3, -0.25) is 19.4 Å². The zero-order valence-corrected chi connectivity index (χ0v) is 24.4. The van der Waals surface area contributed by atoms with Crippen LogP contribution in [0.3, 0.4) is 0 Å². The molecule has 218 valence electrons. The second-order valence-corrected chi connectivity index (χ2v) is 11.6. The van der Waals surface area contributed by atoms with E-state index in [2.05, 4.69) is 20.6 Å². The van der Waals surface area contributed by atoms with Crippen LogP contribution in [0.2, 0.25) is 0 Å². The van der Waals surface area contributed by atoms with Gasteiger partial charge in [0, 0.05) is 37.3 Å². The molecule has 3 aromatic rings. The van der Waals surface area contributed by atoms with Gasteiger partial charge in [0.2, 0.25) is 17.7 Å². The third-order valence-corrected chi connectivity index (χ3v) is 8.33. The van der Waals surface area contributed by atoms with Crippen molar-refractivity contribution >= 4 is 28.8 Å². The topological polar surface area (TPSA) is 123 Å². The predicted molar refractivity (Wildman–Crippen MR) is 158 cm³/mol. The van der Waals surface area contributed by atoms with Crippen molar-refractivity contribution in [3.05, 3.63) is 48.5 Å². The first kappa shape index (κ1) is 28.7. The predicted octanol–water partition coefficient (Wildman–Crippen LogP) is 3.42. The first-order valence-electron chi connectivity index (χ1n) is 14.8. The standard InChI is InChI=1S/C31H41N7O3/c1-5-23(32-4)30(40)35-25-18-37(27(39)15-19(2)3)14-13-21-11-12-26(38(21)31(25)41)29-34-24-17-33-16-22(28(24)36-29)20-9-7-6-8-10-20/h6-10,16-17,19,21,23,25-26,32H,5,11-15,18H2,1-4H3,(H,34,36)(H,35,40)/t21-,23+,25+,26+/m1/s1. The summed E-state index contributed by atoms with van der Waals surface area (Å²) in [5.74, 6) is 0.552. The number of pyridine rings is 1. The molecule has 2 aliphatic rings. The van der Waals surface area contributed by atoms with Crippen LogP contribution in [0, 0.1) is 5.92 Å². The minimum absolute atomic E-state index is 0.0222. The number of aromatic amines is 1. The number of imidazole rings is 1. The molecule has 0 bridgehead atoms. The molecule has 0 unspecified atom stereocenters. The van der Waals surface area contributed by atoms with Crippen LogP contribution in [-0.4, -0.2) is 80.7 Å². The number of carbonyl (C=O) groups is 3. The van der Waals surface area contributed by atoms with Crippen LogP contribution >= 0.6 is 0 Å². The number of aromatic nitrogens is 3. The van der Waals surface area contributed by atoms with Crippen molar-refractivity contribution in [2.45, 2.75) is 77.0 Å². The van der Waals surface area contributed by atoms with E-state index < -0.39 is 12.1 Å². The van der Waals surface area contributed by atoms with Crippen molar-refractivity contribution in [1.29, 1.82) is 0 Å². The van der Waals surface area contributed by atoms with Crippen molar-refractivity contribution in [1.82, 2.24) is 35.4 Å². The fourth-order valence-corrected chi connectivity index (χ4v) is 6.19. The zero-order valence-electron chi connectivity index (χ0n) is 24.4. The lowest BCUT2D eigenvalue weighted by atomic mass is 10.0. The zero-order chi connectivity index (χ0) is 29.1. The van der Waals surface area contributed by atoms with Gasteiger partial charge in [-0.05, 0) is 44.2 Å². The van der Waals surface area contributed by atoms with Crippen LogP contribution in [0.25, 0.3) is 22.2 Å². The van der Waals surface area contributed by atoms with E-state index in [0.717, 1.165) is 40.8 Å². The molecular weight excluding hydrogens is 518 g/mol. The number of rotatable bonds is 8. The molecule has 2 aliphatic heterocycles. The molecule has 3 amide bonds. The third-order valence-electron chi connectivity index (χ3n) is 8.33. The van der Waals surface area contributed by atoms with Gasteiger partial charge < -0.3 is 25.4 Å². The Balaban J connectivity index is 1.47. The maximum absolute atomic E-state index is 14.3. The Morgan fingerprint density at radius 1 is 1.12 bits per heavy atom. The Bertz CT molecular complexity index is 1380. The summed E-state index contributed by atoms with van der Waals surface area (Å²) < 4.78 is 0. The van der Waals surface area contributed by atoms with Gasteiger partial charge >= 0.3 is 0 Å². The lowest BCUT2D eigenvalue weighted by Gasteiger charge is -2.39. The Morgan fingerprint density at radius 3 is 2.61 bits per heavy atom. The molecule has 0 spiro atoms. The molecule has 2 fully saturated rings. The van der Waals surface area contributed by atoms with Gasteiger partial charge in [-0.15, -0.1) is 0 Å². The van der Waals surface area contributed by atoms with E-state index in [9.17, 15) is 14.4 Å². The van der Waals surface area contributed by atoms with Crippen molar-refractivity contribution in [3.8, 4) is 11.1 Å². The molecule has 41 heavy (non-hydrogen) atoms. The number of nitrogens with zero attached hydrogens (tertiary/aromatic N) is 4. The highest BCUT2D eigenvalue weighted by Gasteiger charge is 2.44. The van der Waals surface area contributed by atoms with Gasteiger partial charge in [0.1, 0.15) is 11.9 Å². The molecule has 4 heterocycles. The Labute approximate surface area is 241 Å². The number of hydrogen-bond acceptors (Lipinski definition) is 6. The normalized spacial score (nSPS) is 22.0. The fraction of sp³-hybridized carbons (Fsp3) is 0.516. The first-order valence-corrected chi connectivity index (χ1v) is 14.8. The summed E-state index contributed by atoms with van der Waals surface area (Å²) in [7, 11) is 1.73. The van der Waals surface area contributed by atoms with E-state index in [1.54, 1.807) is 18.1 Å². The summed E-state index contributed by atoms with van der Waals surface area (Å²) in [5, 5.41) is 6.01. The highest BCUT2D eigenvalue weighted by Crippen LogP contribution is 2.39. The molecule has 0 saturated carbocycles. The molecule has 5 rings (SSSR count). The minimum atomic E-state index is -0.838. The van der Waals surface area contributed by atoms with E-state index in [0.29, 0.717) is 25.8 Å². The second kappa shape index (κ2) is 12.4. The van der Waals surface area contributed by atoms with Crippen LogP contribution in [-0.2, 0) is 14.4 Å². The molecule has 0 radical (unpaired) electrons. The maximum Gasteiger partial charge on any atom is 0.247 e. The van der Waals surface area contributed by atoms with Crippen molar-refractivity contribution in [3.63, 3.8) is 0 Å². The van der Waals surface area contributed by atoms with Gasteiger partial charge in [0.05, 0.1) is 29.3 Å². The van der Waals surface area contributed by atoms with E-state index >= 15 is 0 Å². The van der Waals surface area contributed by atoms with Crippen LogP contribution in [0.15, 0.2) is 42.7 Å². The largest absolute Gasteiger partial charge is 0.341 e. The Kier molecular flexibility index (Phi) is 8.68. The van der Waals surface area contributed by atoms with Crippen LogP contribution in [0.1, 0.15) is 64.7 Å². The number of amides is 3. The molecular formula is C31H41N7O3. The number of hydrogen-bond donors (Lipinski definition) is 3. The van der Waals surface area contributed by atoms with Crippen molar-refractivity contribution in [2.24, 2.45) is 5.92 Å². The monoisotopic (exact) mass is 559 g/mol. The smallest absolute Gasteiger partial charge is 0.247 e. The Morgan fingerprint density at radius 2 is 1.90 bits per heavy atom. The van der Waals surface area contributed by atoms with E-state index in [1.807, 2.05) is 62.2 Å². The van der Waals surface area contributed by atoms with Gasteiger partial charge in [0.15, 0.2) is 0 Å². The van der Waals surface area contributed by atoms with Crippen molar-refractivity contribution < 1.29 is 14.4 Å². The van der Waals surface area contributed by atoms with Gasteiger partial charge in [0.25, 0.3) is 0 Å². The average molecular weight is 560 g/mol. The van der Waals surface area contributed by atoms with E-state index in [1.165, 1.54) is 0 Å². The quantitative estimate of drug-likeness (QED) is 0.389. The molecule has 3 N–H and O–H groups in total. The summed E-state index contributed by atoms with van der Waals surface area (Å²) in [4.78, 5) is 57.1. The highest BCUT2D eigenvalue weighted by atomic mass is 16.2. The van der Waals surface area contributed by atoms with Gasteiger partial charge in [-0.2, -0.15) is 0 Å². The van der Waals surface area contributed by atoms with E-state index in [4.69, 9.17) is 4.98 Å². The summed E-state index contributed by atoms with van der Waals surface area (Å²) in [6.07, 6.45) is 6.84. The second-order valence-electron chi connectivity index (χ2n) is 11.6. The fourth-order valence-electron chi connectivity index (χ4n) is 6.19. The number of likely N-dealkylation sites (N-methyl/N-ethyl adjacent to an activating group) is 1. The maximum atomic E-state index is 14.3.